The van der Waals surface area contributed by atoms with Gasteiger partial charge in [0.1, 0.15) is 0 Å². The van der Waals surface area contributed by atoms with E-state index in [1.165, 1.54) is 7.11 Å². The van der Waals surface area contributed by atoms with E-state index >= 15 is 0 Å². The number of esters is 1. The van der Waals surface area contributed by atoms with E-state index in [0.717, 1.165) is 62.2 Å². The van der Waals surface area contributed by atoms with Crippen LogP contribution in [0, 0.1) is 18.8 Å². The molecule has 0 spiro atoms. The summed E-state index contributed by atoms with van der Waals surface area (Å²) >= 11 is 0. The van der Waals surface area contributed by atoms with Gasteiger partial charge < -0.3 is 9.64 Å². The Labute approximate surface area is 149 Å². The Kier molecular flexibility index (Phi) is 5.40. The molecule has 5 heteroatoms. The summed E-state index contributed by atoms with van der Waals surface area (Å²) in [6, 6.07) is 1.90. The second kappa shape index (κ2) is 7.54. The zero-order valence-corrected chi connectivity index (χ0v) is 15.5. The van der Waals surface area contributed by atoms with Gasteiger partial charge in [0.15, 0.2) is 0 Å². The number of nitrogens with zero attached hydrogens (tertiary/aromatic N) is 2. The fourth-order valence-corrected chi connectivity index (χ4v) is 4.04. The van der Waals surface area contributed by atoms with Crippen molar-refractivity contribution in [2.75, 3.05) is 20.2 Å². The lowest BCUT2D eigenvalue weighted by Gasteiger charge is -2.30. The lowest BCUT2D eigenvalue weighted by molar-refractivity contribution is -0.136. The third-order valence-electron chi connectivity index (χ3n) is 5.73. The molecule has 2 heterocycles. The molecule has 0 radical (unpaired) electrons. The molecule has 1 fully saturated rings. The summed E-state index contributed by atoms with van der Waals surface area (Å²) in [5.74, 6) is 0.907. The molecule has 136 valence electrons. The van der Waals surface area contributed by atoms with Crippen molar-refractivity contribution >= 4 is 11.9 Å². The van der Waals surface area contributed by atoms with E-state index in [-0.39, 0.29) is 11.9 Å². The van der Waals surface area contributed by atoms with Crippen LogP contribution in [0.25, 0.3) is 0 Å². The maximum Gasteiger partial charge on any atom is 0.339 e. The Morgan fingerprint density at radius 3 is 2.52 bits per heavy atom. The predicted octanol–water partition coefficient (Wildman–Crippen LogP) is 2.93. The van der Waals surface area contributed by atoms with Gasteiger partial charge in [-0.2, -0.15) is 0 Å². The number of pyridine rings is 1. The topological polar surface area (TPSA) is 59.5 Å². The van der Waals surface area contributed by atoms with Crippen LogP contribution in [0.15, 0.2) is 6.07 Å². The van der Waals surface area contributed by atoms with Crippen LogP contribution in [-0.4, -0.2) is 42.0 Å². The number of aromatic nitrogens is 1. The molecule has 0 aromatic carbocycles. The number of rotatable bonds is 2. The third-order valence-corrected chi connectivity index (χ3v) is 5.73. The molecule has 0 atom stereocenters. The van der Waals surface area contributed by atoms with Crippen molar-refractivity contribution in [3.05, 3.63) is 28.6 Å². The van der Waals surface area contributed by atoms with Crippen LogP contribution in [0.5, 0.6) is 0 Å². The fourth-order valence-electron chi connectivity index (χ4n) is 4.04. The molecule has 1 aromatic rings. The molecule has 3 rings (SSSR count). The minimum absolute atomic E-state index is 0.192. The van der Waals surface area contributed by atoms with Gasteiger partial charge in [0, 0.05) is 31.1 Å². The summed E-state index contributed by atoms with van der Waals surface area (Å²) in [7, 11) is 1.39. The van der Waals surface area contributed by atoms with Gasteiger partial charge in [-0.25, -0.2) is 4.79 Å². The fraction of sp³-hybridized carbons (Fsp3) is 0.650. The first-order chi connectivity index (χ1) is 12.0. The Morgan fingerprint density at radius 2 is 1.84 bits per heavy atom. The molecule has 1 amide bonds. The molecule has 25 heavy (non-hydrogen) atoms. The monoisotopic (exact) mass is 344 g/mol. The number of aryl methyl sites for hydroxylation is 1. The highest BCUT2D eigenvalue weighted by Crippen LogP contribution is 2.30. The second-order valence-electron chi connectivity index (χ2n) is 7.50. The smallest absolute Gasteiger partial charge is 0.339 e. The van der Waals surface area contributed by atoms with Crippen LogP contribution in [-0.2, 0) is 22.4 Å². The third kappa shape index (κ3) is 3.86. The van der Waals surface area contributed by atoms with Crippen LogP contribution in [0.3, 0.4) is 0 Å². The number of amides is 1. The Bertz CT molecular complexity index is 663. The number of carbonyl (C=O) groups is 2. The summed E-state index contributed by atoms with van der Waals surface area (Å²) in [6.45, 7) is 5.55. The maximum atomic E-state index is 12.9. The number of ether oxygens (including phenoxy) is 1. The van der Waals surface area contributed by atoms with E-state index in [9.17, 15) is 9.59 Å². The summed E-state index contributed by atoms with van der Waals surface area (Å²) in [6.07, 6.45) is 5.87. The van der Waals surface area contributed by atoms with Crippen LogP contribution in [0.4, 0.5) is 0 Å². The highest BCUT2D eigenvalue weighted by Gasteiger charge is 2.29. The van der Waals surface area contributed by atoms with E-state index in [4.69, 9.17) is 4.74 Å². The van der Waals surface area contributed by atoms with Gasteiger partial charge in [-0.05, 0) is 56.6 Å². The molecule has 0 unspecified atom stereocenters. The molecule has 0 N–H and O–H groups in total. The highest BCUT2D eigenvalue weighted by atomic mass is 16.5. The van der Waals surface area contributed by atoms with Crippen LogP contribution < -0.4 is 0 Å². The molecule has 1 aromatic heterocycles. The molecule has 1 aliphatic carbocycles. The first-order valence-corrected chi connectivity index (χ1v) is 9.36. The van der Waals surface area contributed by atoms with Gasteiger partial charge in [0.25, 0.3) is 0 Å². The largest absolute Gasteiger partial charge is 0.465 e. The number of methoxy groups -OCH3 is 1. The number of hydrogen-bond acceptors (Lipinski definition) is 4. The first kappa shape index (κ1) is 17.9. The van der Waals surface area contributed by atoms with Crippen molar-refractivity contribution < 1.29 is 14.3 Å². The highest BCUT2D eigenvalue weighted by molar-refractivity contribution is 5.90. The van der Waals surface area contributed by atoms with Crippen LogP contribution in [0.1, 0.15) is 59.9 Å². The van der Waals surface area contributed by atoms with E-state index in [1.54, 1.807) is 0 Å². The van der Waals surface area contributed by atoms with Crippen molar-refractivity contribution in [1.82, 2.24) is 9.88 Å². The van der Waals surface area contributed by atoms with Crippen molar-refractivity contribution in [2.45, 2.75) is 52.4 Å². The Balaban J connectivity index is 1.71. The van der Waals surface area contributed by atoms with Crippen molar-refractivity contribution in [3.63, 3.8) is 0 Å². The second-order valence-corrected chi connectivity index (χ2v) is 7.50. The van der Waals surface area contributed by atoms with E-state index in [2.05, 4.69) is 11.9 Å². The van der Waals surface area contributed by atoms with E-state index < -0.39 is 0 Å². The molecule has 1 saturated carbocycles. The molecule has 1 aliphatic heterocycles. The van der Waals surface area contributed by atoms with Crippen LogP contribution >= 0.6 is 0 Å². The van der Waals surface area contributed by atoms with Gasteiger partial charge in [-0.1, -0.05) is 6.92 Å². The normalized spacial score (nSPS) is 23.6. The summed E-state index contributed by atoms with van der Waals surface area (Å²) < 4.78 is 4.84. The lowest BCUT2D eigenvalue weighted by Crippen LogP contribution is -2.39. The zero-order valence-electron chi connectivity index (χ0n) is 15.5. The minimum Gasteiger partial charge on any atom is -0.465 e. The van der Waals surface area contributed by atoms with Crippen molar-refractivity contribution in [2.24, 2.45) is 11.8 Å². The summed E-state index contributed by atoms with van der Waals surface area (Å²) in [5, 5.41) is 0. The van der Waals surface area contributed by atoms with Crippen LogP contribution in [0.2, 0.25) is 0 Å². The molecule has 0 bridgehead atoms. The van der Waals surface area contributed by atoms with Gasteiger partial charge in [-0.3, -0.25) is 9.78 Å². The molecular weight excluding hydrogens is 316 g/mol. The standard InChI is InChI=1S/C20H28N2O3/c1-13-4-6-15(7-5-13)19(23)22-10-8-16-12-17(20(24)25-3)14(2)21-18(16)9-11-22/h12-13,15H,4-11H2,1-3H3. The van der Waals surface area contributed by atoms with Gasteiger partial charge in [0.2, 0.25) is 5.91 Å². The maximum absolute atomic E-state index is 12.9. The van der Waals surface area contributed by atoms with E-state index in [1.807, 2.05) is 17.9 Å². The molecule has 0 saturated heterocycles. The molecule has 5 nitrogen and oxygen atoms in total. The summed E-state index contributed by atoms with van der Waals surface area (Å²) in [5.41, 5.74) is 3.31. The first-order valence-electron chi connectivity index (χ1n) is 9.36. The molecule has 2 aliphatic rings. The SMILES string of the molecule is COC(=O)c1cc2c(nc1C)CCN(C(=O)C1CCC(C)CC1)CC2. The van der Waals surface area contributed by atoms with Crippen molar-refractivity contribution in [3.8, 4) is 0 Å². The average molecular weight is 344 g/mol. The summed E-state index contributed by atoms with van der Waals surface area (Å²) in [4.78, 5) is 31.4. The number of fused-ring (bicyclic) bond motifs is 1. The lowest BCUT2D eigenvalue weighted by atomic mass is 9.82. The average Bonchev–Trinajstić information content (AvgIpc) is 2.82. The zero-order chi connectivity index (χ0) is 18.0. The quantitative estimate of drug-likeness (QED) is 0.774. The minimum atomic E-state index is -0.346. The number of carbonyl (C=O) groups excluding carboxylic acids is 2. The van der Waals surface area contributed by atoms with Crippen molar-refractivity contribution in [1.29, 1.82) is 0 Å². The van der Waals surface area contributed by atoms with Gasteiger partial charge in [0.05, 0.1) is 18.4 Å². The van der Waals surface area contributed by atoms with Gasteiger partial charge in [-0.15, -0.1) is 0 Å². The van der Waals surface area contributed by atoms with Gasteiger partial charge >= 0.3 is 5.97 Å². The van der Waals surface area contributed by atoms with E-state index in [0.29, 0.717) is 23.7 Å². The molecular formula is C20H28N2O3. The Morgan fingerprint density at radius 1 is 1.16 bits per heavy atom. The predicted molar refractivity (Wildman–Crippen MR) is 95.4 cm³/mol. The number of hydrogen-bond donors (Lipinski definition) is 0. The Hall–Kier alpha value is -1.91.